The molecule has 1 N–H and O–H groups in total. The van der Waals surface area contributed by atoms with Crippen molar-refractivity contribution in [2.24, 2.45) is 11.8 Å². The van der Waals surface area contributed by atoms with Crippen LogP contribution in [0.25, 0.3) is 0 Å². The van der Waals surface area contributed by atoms with E-state index in [-0.39, 0.29) is 23.8 Å². The lowest BCUT2D eigenvalue weighted by Gasteiger charge is -2.30. The van der Waals surface area contributed by atoms with E-state index in [0.29, 0.717) is 18.9 Å². The number of aryl methyl sites for hydroxylation is 1. The van der Waals surface area contributed by atoms with Crippen LogP contribution in [0.3, 0.4) is 0 Å². The van der Waals surface area contributed by atoms with Gasteiger partial charge in [0.15, 0.2) is 0 Å². The molecule has 3 rings (SSSR count). The zero-order chi connectivity index (χ0) is 17.1. The molecule has 1 heterocycles. The average molecular weight is 328 g/mol. The van der Waals surface area contributed by atoms with Gasteiger partial charge in [0, 0.05) is 24.7 Å². The molecular formula is C20H28N2O2. The van der Waals surface area contributed by atoms with Crippen LogP contribution in [-0.2, 0) is 16.0 Å². The van der Waals surface area contributed by atoms with E-state index in [1.807, 2.05) is 12.1 Å². The second-order valence-corrected chi connectivity index (χ2v) is 7.30. The number of nitrogens with one attached hydrogen (secondary N) is 1. The van der Waals surface area contributed by atoms with Crippen molar-refractivity contribution in [2.75, 3.05) is 11.4 Å². The van der Waals surface area contributed by atoms with Gasteiger partial charge in [-0.3, -0.25) is 9.59 Å². The SMILES string of the molecule is CCc1ccc(N2C[C@H](C(=O)N[C@@H]3CCCC[C@H]3C)CC2=O)cc1. The minimum absolute atomic E-state index is 0.0507. The van der Waals surface area contributed by atoms with Crippen molar-refractivity contribution in [3.63, 3.8) is 0 Å². The molecule has 0 bridgehead atoms. The Balaban J connectivity index is 1.62. The average Bonchev–Trinajstić information content (AvgIpc) is 2.99. The second kappa shape index (κ2) is 7.37. The fraction of sp³-hybridized carbons (Fsp3) is 0.600. The molecule has 2 fully saturated rings. The highest BCUT2D eigenvalue weighted by Crippen LogP contribution is 2.28. The van der Waals surface area contributed by atoms with Gasteiger partial charge in [-0.05, 0) is 42.9 Å². The first-order valence-electron chi connectivity index (χ1n) is 9.28. The summed E-state index contributed by atoms with van der Waals surface area (Å²) in [7, 11) is 0. The van der Waals surface area contributed by atoms with Gasteiger partial charge in [-0.25, -0.2) is 0 Å². The van der Waals surface area contributed by atoms with E-state index in [4.69, 9.17) is 0 Å². The zero-order valence-corrected chi connectivity index (χ0v) is 14.8. The Morgan fingerprint density at radius 1 is 1.21 bits per heavy atom. The number of benzene rings is 1. The third kappa shape index (κ3) is 3.63. The van der Waals surface area contributed by atoms with E-state index in [0.717, 1.165) is 18.5 Å². The minimum atomic E-state index is -0.225. The van der Waals surface area contributed by atoms with E-state index in [9.17, 15) is 9.59 Å². The summed E-state index contributed by atoms with van der Waals surface area (Å²) in [5.74, 6) is 0.417. The summed E-state index contributed by atoms with van der Waals surface area (Å²) in [6, 6.07) is 8.36. The minimum Gasteiger partial charge on any atom is -0.353 e. The van der Waals surface area contributed by atoms with Gasteiger partial charge in [-0.1, -0.05) is 38.8 Å². The fourth-order valence-electron chi connectivity index (χ4n) is 3.88. The smallest absolute Gasteiger partial charge is 0.227 e. The number of nitrogens with zero attached hydrogens (tertiary/aromatic N) is 1. The predicted molar refractivity (Wildman–Crippen MR) is 95.8 cm³/mol. The Morgan fingerprint density at radius 2 is 1.92 bits per heavy atom. The molecule has 24 heavy (non-hydrogen) atoms. The first-order valence-corrected chi connectivity index (χ1v) is 9.28. The molecular weight excluding hydrogens is 300 g/mol. The topological polar surface area (TPSA) is 49.4 Å². The summed E-state index contributed by atoms with van der Waals surface area (Å²) in [4.78, 5) is 26.7. The Hall–Kier alpha value is -1.84. The van der Waals surface area contributed by atoms with Crippen molar-refractivity contribution >= 4 is 17.5 Å². The summed E-state index contributed by atoms with van der Waals surface area (Å²) in [5.41, 5.74) is 2.16. The lowest BCUT2D eigenvalue weighted by atomic mass is 9.85. The number of carbonyl (C=O) groups excluding carboxylic acids is 2. The van der Waals surface area contributed by atoms with Crippen LogP contribution in [-0.4, -0.2) is 24.4 Å². The maximum atomic E-state index is 12.6. The zero-order valence-electron chi connectivity index (χ0n) is 14.8. The van der Waals surface area contributed by atoms with Crippen LogP contribution in [0.15, 0.2) is 24.3 Å². The molecule has 1 aliphatic carbocycles. The number of rotatable bonds is 4. The van der Waals surface area contributed by atoms with E-state index in [1.165, 1.54) is 24.8 Å². The second-order valence-electron chi connectivity index (χ2n) is 7.30. The molecule has 0 unspecified atom stereocenters. The number of anilines is 1. The number of carbonyl (C=O) groups is 2. The molecule has 0 aromatic heterocycles. The van der Waals surface area contributed by atoms with E-state index >= 15 is 0 Å². The van der Waals surface area contributed by atoms with Gasteiger partial charge in [-0.2, -0.15) is 0 Å². The lowest BCUT2D eigenvalue weighted by molar-refractivity contribution is -0.127. The molecule has 2 amide bonds. The highest BCUT2D eigenvalue weighted by atomic mass is 16.2. The first-order chi connectivity index (χ1) is 11.6. The molecule has 0 radical (unpaired) electrons. The monoisotopic (exact) mass is 328 g/mol. The Bertz CT molecular complexity index is 596. The molecule has 130 valence electrons. The van der Waals surface area contributed by atoms with Crippen molar-refractivity contribution in [2.45, 2.75) is 58.4 Å². The van der Waals surface area contributed by atoms with Gasteiger partial charge in [0.25, 0.3) is 0 Å². The molecule has 1 saturated carbocycles. The summed E-state index contributed by atoms with van der Waals surface area (Å²) in [6.45, 7) is 4.82. The molecule has 3 atom stereocenters. The summed E-state index contributed by atoms with van der Waals surface area (Å²) < 4.78 is 0. The molecule has 1 aliphatic heterocycles. The molecule has 0 spiro atoms. The third-order valence-corrected chi connectivity index (χ3v) is 5.59. The van der Waals surface area contributed by atoms with Crippen molar-refractivity contribution in [1.29, 1.82) is 0 Å². The van der Waals surface area contributed by atoms with Crippen molar-refractivity contribution < 1.29 is 9.59 Å². The quantitative estimate of drug-likeness (QED) is 0.922. The first kappa shape index (κ1) is 17.0. The van der Waals surface area contributed by atoms with Gasteiger partial charge < -0.3 is 10.2 Å². The number of hydrogen-bond acceptors (Lipinski definition) is 2. The van der Waals surface area contributed by atoms with Crippen LogP contribution in [0.4, 0.5) is 5.69 Å². The maximum Gasteiger partial charge on any atom is 0.227 e. The highest BCUT2D eigenvalue weighted by Gasteiger charge is 2.36. The van der Waals surface area contributed by atoms with E-state index in [2.05, 4.69) is 31.3 Å². The highest BCUT2D eigenvalue weighted by molar-refractivity contribution is 6.00. The van der Waals surface area contributed by atoms with E-state index in [1.54, 1.807) is 4.90 Å². The van der Waals surface area contributed by atoms with Crippen LogP contribution >= 0.6 is 0 Å². The maximum absolute atomic E-state index is 12.6. The van der Waals surface area contributed by atoms with Crippen LogP contribution in [0.1, 0.15) is 51.5 Å². The summed E-state index contributed by atoms with van der Waals surface area (Å²) in [6.07, 6.45) is 6.01. The normalized spacial score (nSPS) is 27.3. The van der Waals surface area contributed by atoms with Gasteiger partial charge in [0.05, 0.1) is 5.92 Å². The molecule has 4 nitrogen and oxygen atoms in total. The van der Waals surface area contributed by atoms with Crippen LogP contribution in [0.2, 0.25) is 0 Å². The van der Waals surface area contributed by atoms with Crippen LogP contribution in [0, 0.1) is 11.8 Å². The summed E-state index contributed by atoms with van der Waals surface area (Å²) in [5, 5.41) is 3.20. The molecule has 1 saturated heterocycles. The predicted octanol–water partition coefficient (Wildman–Crippen LogP) is 3.30. The van der Waals surface area contributed by atoms with Crippen molar-refractivity contribution in [3.05, 3.63) is 29.8 Å². The van der Waals surface area contributed by atoms with Gasteiger partial charge in [0.1, 0.15) is 0 Å². The Morgan fingerprint density at radius 3 is 2.58 bits per heavy atom. The number of hydrogen-bond donors (Lipinski definition) is 1. The van der Waals surface area contributed by atoms with Crippen molar-refractivity contribution in [1.82, 2.24) is 5.32 Å². The van der Waals surface area contributed by atoms with E-state index < -0.39 is 0 Å². The third-order valence-electron chi connectivity index (χ3n) is 5.59. The van der Waals surface area contributed by atoms with Gasteiger partial charge in [-0.15, -0.1) is 0 Å². The largest absolute Gasteiger partial charge is 0.353 e. The van der Waals surface area contributed by atoms with Gasteiger partial charge >= 0.3 is 0 Å². The fourth-order valence-corrected chi connectivity index (χ4v) is 3.88. The van der Waals surface area contributed by atoms with Crippen LogP contribution in [0.5, 0.6) is 0 Å². The lowest BCUT2D eigenvalue weighted by Crippen LogP contribution is -2.44. The van der Waals surface area contributed by atoms with Gasteiger partial charge in [0.2, 0.25) is 11.8 Å². The van der Waals surface area contributed by atoms with Crippen LogP contribution < -0.4 is 10.2 Å². The molecule has 2 aliphatic rings. The Labute approximate surface area is 144 Å². The standard InChI is InChI=1S/C20H28N2O2/c1-3-15-8-10-17(11-9-15)22-13-16(12-19(22)23)20(24)21-18-7-5-4-6-14(18)2/h8-11,14,16,18H,3-7,12-13H2,1-2H3,(H,21,24)/t14-,16-,18-/m1/s1. The summed E-state index contributed by atoms with van der Waals surface area (Å²) >= 11 is 0. The molecule has 4 heteroatoms. The van der Waals surface area contributed by atoms with Crippen molar-refractivity contribution in [3.8, 4) is 0 Å². The Kier molecular flexibility index (Phi) is 5.22. The number of amides is 2. The molecule has 1 aromatic rings. The molecule has 1 aromatic carbocycles.